The first-order chi connectivity index (χ1) is 15.1. The molecule has 0 bridgehead atoms. The number of hydrogen-bond acceptors (Lipinski definition) is 7. The van der Waals surface area contributed by atoms with Crippen molar-refractivity contribution in [2.75, 3.05) is 6.79 Å². The molecule has 0 saturated carbocycles. The van der Waals surface area contributed by atoms with Crippen molar-refractivity contribution in [3.05, 3.63) is 89.5 Å². The van der Waals surface area contributed by atoms with Gasteiger partial charge in [0.2, 0.25) is 6.79 Å². The lowest BCUT2D eigenvalue weighted by Crippen LogP contribution is -2.29. The first-order valence-electron chi connectivity index (χ1n) is 9.61. The number of hydrogen-bond donors (Lipinski definition) is 1. The molecule has 2 aromatic heterocycles. The number of aliphatic hydroxyl groups excluding tert-OH is 1. The molecule has 0 aliphatic carbocycles. The van der Waals surface area contributed by atoms with E-state index in [1.807, 2.05) is 6.07 Å². The SMILES string of the molecule is O=C1C(=O)N(Cc2cccnc2)C(c2ccncc2)C1=C(O)c1ccc2c(c1)OCO2. The highest BCUT2D eigenvalue weighted by Gasteiger charge is 2.46. The van der Waals surface area contributed by atoms with Crippen molar-refractivity contribution in [2.45, 2.75) is 12.6 Å². The van der Waals surface area contributed by atoms with Gasteiger partial charge in [-0.2, -0.15) is 0 Å². The summed E-state index contributed by atoms with van der Waals surface area (Å²) in [6, 6.07) is 11.1. The van der Waals surface area contributed by atoms with E-state index in [2.05, 4.69) is 9.97 Å². The number of rotatable bonds is 4. The highest BCUT2D eigenvalue weighted by molar-refractivity contribution is 6.46. The molecule has 1 aromatic carbocycles. The van der Waals surface area contributed by atoms with Crippen molar-refractivity contribution in [1.82, 2.24) is 14.9 Å². The minimum atomic E-state index is -0.770. The molecule has 2 aliphatic rings. The molecule has 1 atom stereocenters. The van der Waals surface area contributed by atoms with Crippen LogP contribution in [0.3, 0.4) is 0 Å². The molecule has 0 radical (unpaired) electrons. The lowest BCUT2D eigenvalue weighted by molar-refractivity contribution is -0.140. The largest absolute Gasteiger partial charge is 0.507 e. The van der Waals surface area contributed by atoms with Gasteiger partial charge in [-0.05, 0) is 47.5 Å². The number of Topliss-reactive ketones (excluding diaryl/α,β-unsaturated/α-hetero) is 1. The first-order valence-corrected chi connectivity index (χ1v) is 9.61. The van der Waals surface area contributed by atoms with Crippen LogP contribution in [0.15, 0.2) is 72.8 Å². The van der Waals surface area contributed by atoms with Crippen molar-refractivity contribution >= 4 is 17.4 Å². The molecule has 1 amide bonds. The van der Waals surface area contributed by atoms with E-state index in [0.29, 0.717) is 22.6 Å². The van der Waals surface area contributed by atoms with Gasteiger partial charge in [0.1, 0.15) is 5.76 Å². The highest BCUT2D eigenvalue weighted by atomic mass is 16.7. The fourth-order valence-electron chi connectivity index (χ4n) is 3.82. The summed E-state index contributed by atoms with van der Waals surface area (Å²) >= 11 is 0. The summed E-state index contributed by atoms with van der Waals surface area (Å²) < 4.78 is 10.7. The summed E-state index contributed by atoms with van der Waals surface area (Å²) in [5.74, 6) is -0.686. The average Bonchev–Trinajstić information content (AvgIpc) is 3.38. The fraction of sp³-hybridized carbons (Fsp3) is 0.130. The third-order valence-corrected chi connectivity index (χ3v) is 5.28. The van der Waals surface area contributed by atoms with E-state index in [0.717, 1.165) is 5.56 Å². The zero-order chi connectivity index (χ0) is 21.4. The molecular formula is C23H17N3O5. The van der Waals surface area contributed by atoms with E-state index >= 15 is 0 Å². The Morgan fingerprint density at radius 3 is 2.61 bits per heavy atom. The third kappa shape index (κ3) is 3.28. The van der Waals surface area contributed by atoms with Crippen LogP contribution in [0.1, 0.15) is 22.7 Å². The summed E-state index contributed by atoms with van der Waals surface area (Å²) in [4.78, 5) is 35.6. The van der Waals surface area contributed by atoms with E-state index in [4.69, 9.17) is 9.47 Å². The van der Waals surface area contributed by atoms with E-state index in [1.165, 1.54) is 4.90 Å². The van der Waals surface area contributed by atoms with Crippen molar-refractivity contribution < 1.29 is 24.2 Å². The second kappa shape index (κ2) is 7.56. The Hall–Kier alpha value is -4.20. The number of aliphatic hydroxyl groups is 1. The fourth-order valence-corrected chi connectivity index (χ4v) is 3.82. The molecule has 1 saturated heterocycles. The number of fused-ring (bicyclic) bond motifs is 1. The number of pyridine rings is 2. The van der Waals surface area contributed by atoms with E-state index in [-0.39, 0.29) is 24.7 Å². The van der Waals surface area contributed by atoms with Gasteiger partial charge in [0.05, 0.1) is 11.6 Å². The second-order valence-corrected chi connectivity index (χ2v) is 7.14. The van der Waals surface area contributed by atoms with Gasteiger partial charge in [-0.15, -0.1) is 0 Å². The molecule has 31 heavy (non-hydrogen) atoms. The number of ketones is 1. The smallest absolute Gasteiger partial charge is 0.295 e. The Morgan fingerprint density at radius 1 is 1.03 bits per heavy atom. The quantitative estimate of drug-likeness (QED) is 0.397. The van der Waals surface area contributed by atoms with E-state index < -0.39 is 17.7 Å². The van der Waals surface area contributed by atoms with Crippen molar-refractivity contribution in [3.63, 3.8) is 0 Å². The molecular weight excluding hydrogens is 398 g/mol. The maximum absolute atomic E-state index is 13.0. The summed E-state index contributed by atoms with van der Waals surface area (Å²) in [6.07, 6.45) is 6.44. The molecule has 154 valence electrons. The van der Waals surface area contributed by atoms with Crippen molar-refractivity contribution in [1.29, 1.82) is 0 Å². The van der Waals surface area contributed by atoms with Crippen LogP contribution < -0.4 is 9.47 Å². The van der Waals surface area contributed by atoms with Crippen LogP contribution >= 0.6 is 0 Å². The number of aromatic nitrogens is 2. The number of ether oxygens (including phenoxy) is 2. The molecule has 1 unspecified atom stereocenters. The Kier molecular flexibility index (Phi) is 4.59. The van der Waals surface area contributed by atoms with E-state index in [1.54, 1.807) is 61.2 Å². The maximum Gasteiger partial charge on any atom is 0.295 e. The molecule has 0 spiro atoms. The van der Waals surface area contributed by atoms with Crippen LogP contribution in [-0.2, 0) is 16.1 Å². The minimum absolute atomic E-state index is 0.0129. The normalized spacial score (nSPS) is 19.1. The topological polar surface area (TPSA) is 102 Å². The van der Waals surface area contributed by atoms with Crippen LogP contribution in [0.25, 0.3) is 5.76 Å². The zero-order valence-corrected chi connectivity index (χ0v) is 16.3. The van der Waals surface area contributed by atoms with Crippen LogP contribution in [0.5, 0.6) is 11.5 Å². The predicted molar refractivity (Wildman–Crippen MR) is 109 cm³/mol. The Bertz CT molecular complexity index is 1190. The molecule has 8 heteroatoms. The van der Waals surface area contributed by atoms with Gasteiger partial charge in [0, 0.05) is 36.9 Å². The summed E-state index contributed by atoms with van der Waals surface area (Å²) in [5.41, 5.74) is 1.81. The number of benzene rings is 1. The van der Waals surface area contributed by atoms with Crippen LogP contribution in [0.2, 0.25) is 0 Å². The van der Waals surface area contributed by atoms with Crippen LogP contribution in [0, 0.1) is 0 Å². The van der Waals surface area contributed by atoms with E-state index in [9.17, 15) is 14.7 Å². The molecule has 4 heterocycles. The zero-order valence-electron chi connectivity index (χ0n) is 16.3. The van der Waals surface area contributed by atoms with Gasteiger partial charge in [0.25, 0.3) is 11.7 Å². The molecule has 1 fully saturated rings. The minimum Gasteiger partial charge on any atom is -0.507 e. The molecule has 5 rings (SSSR count). The Morgan fingerprint density at radius 2 is 1.84 bits per heavy atom. The van der Waals surface area contributed by atoms with Gasteiger partial charge in [-0.1, -0.05) is 6.07 Å². The van der Waals surface area contributed by atoms with Crippen LogP contribution in [-0.4, -0.2) is 38.5 Å². The van der Waals surface area contributed by atoms with Crippen molar-refractivity contribution in [3.8, 4) is 11.5 Å². The predicted octanol–water partition coefficient (Wildman–Crippen LogP) is 2.83. The number of likely N-dealkylation sites (tertiary alicyclic amines) is 1. The Balaban J connectivity index is 1.63. The average molecular weight is 415 g/mol. The monoisotopic (exact) mass is 415 g/mol. The lowest BCUT2D eigenvalue weighted by atomic mass is 9.95. The number of carbonyl (C=O) groups is 2. The van der Waals surface area contributed by atoms with Gasteiger partial charge >= 0.3 is 0 Å². The number of nitrogens with zero attached hydrogens (tertiary/aromatic N) is 3. The molecule has 8 nitrogen and oxygen atoms in total. The second-order valence-electron chi connectivity index (χ2n) is 7.14. The van der Waals surface area contributed by atoms with Gasteiger partial charge in [0.15, 0.2) is 11.5 Å². The van der Waals surface area contributed by atoms with Gasteiger partial charge in [-0.25, -0.2) is 0 Å². The Labute approximate surface area is 177 Å². The highest BCUT2D eigenvalue weighted by Crippen LogP contribution is 2.41. The third-order valence-electron chi connectivity index (χ3n) is 5.28. The standard InChI is InChI=1S/C23H17N3O5/c27-21(16-3-4-17-18(10-16)31-13-30-17)19-20(15-5-8-24-9-6-15)26(23(29)22(19)28)12-14-2-1-7-25-11-14/h1-11,20,27H,12-13H2. The lowest BCUT2D eigenvalue weighted by Gasteiger charge is -2.25. The summed E-state index contributed by atoms with van der Waals surface area (Å²) in [5, 5.41) is 11.1. The summed E-state index contributed by atoms with van der Waals surface area (Å²) in [7, 11) is 0. The maximum atomic E-state index is 13.0. The number of amides is 1. The first kappa shape index (κ1) is 18.8. The number of carbonyl (C=O) groups excluding carboxylic acids is 2. The van der Waals surface area contributed by atoms with Crippen LogP contribution in [0.4, 0.5) is 0 Å². The molecule has 3 aromatic rings. The molecule has 1 N–H and O–H groups in total. The van der Waals surface area contributed by atoms with Gasteiger partial charge < -0.3 is 19.5 Å². The summed E-state index contributed by atoms with van der Waals surface area (Å²) in [6.45, 7) is 0.259. The van der Waals surface area contributed by atoms with Gasteiger partial charge in [-0.3, -0.25) is 19.6 Å². The van der Waals surface area contributed by atoms with Crippen molar-refractivity contribution in [2.24, 2.45) is 0 Å². The molecule has 2 aliphatic heterocycles.